The average molecular weight is 262 g/mol. The molecule has 2 atom stereocenters. The third-order valence-corrected chi connectivity index (χ3v) is 3.73. The summed E-state index contributed by atoms with van der Waals surface area (Å²) < 4.78 is 4.93. The second kappa shape index (κ2) is 6.68. The number of ether oxygens (including phenoxy) is 1. The lowest BCUT2D eigenvalue weighted by Crippen LogP contribution is -2.53. The highest BCUT2D eigenvalue weighted by Gasteiger charge is 2.35. The molecule has 104 valence electrons. The highest BCUT2D eigenvalue weighted by molar-refractivity contribution is 5.81. The van der Waals surface area contributed by atoms with Crippen LogP contribution < -0.4 is 5.32 Å². The van der Waals surface area contributed by atoms with Crippen molar-refractivity contribution >= 4 is 5.91 Å². The Morgan fingerprint density at radius 2 is 2.21 bits per heavy atom. The average Bonchev–Trinajstić information content (AvgIpc) is 2.39. The quantitative estimate of drug-likeness (QED) is 0.792. The van der Waals surface area contributed by atoms with Crippen LogP contribution in [0.2, 0.25) is 0 Å². The molecule has 0 radical (unpaired) electrons. The van der Waals surface area contributed by atoms with Crippen molar-refractivity contribution in [3.8, 4) is 0 Å². The van der Waals surface area contributed by atoms with Gasteiger partial charge in [-0.15, -0.1) is 0 Å². The fourth-order valence-electron chi connectivity index (χ4n) is 2.48. The van der Waals surface area contributed by atoms with Crippen LogP contribution >= 0.6 is 0 Å². The molecule has 1 aromatic rings. The molecule has 1 aliphatic rings. The SMILES string of the molecule is COCCNC(=O)C(C)N1CCC1c1ccccc1. The van der Waals surface area contributed by atoms with Gasteiger partial charge < -0.3 is 10.1 Å². The Labute approximate surface area is 114 Å². The van der Waals surface area contributed by atoms with Gasteiger partial charge in [0, 0.05) is 26.2 Å². The zero-order chi connectivity index (χ0) is 13.7. The molecule has 0 aliphatic carbocycles. The first-order valence-corrected chi connectivity index (χ1v) is 6.81. The topological polar surface area (TPSA) is 41.6 Å². The molecule has 1 aliphatic heterocycles. The summed E-state index contributed by atoms with van der Waals surface area (Å²) in [5, 5.41) is 2.90. The molecule has 1 heterocycles. The standard InChI is InChI=1S/C15H22N2O2/c1-12(15(18)16-9-11-19-2)17-10-8-14(17)13-6-4-3-5-7-13/h3-7,12,14H,8-11H2,1-2H3,(H,16,18). The lowest BCUT2D eigenvalue weighted by molar-refractivity contribution is -0.129. The van der Waals surface area contributed by atoms with Gasteiger partial charge in [-0.25, -0.2) is 0 Å². The largest absolute Gasteiger partial charge is 0.383 e. The summed E-state index contributed by atoms with van der Waals surface area (Å²) in [4.78, 5) is 14.3. The molecular formula is C15H22N2O2. The minimum Gasteiger partial charge on any atom is -0.383 e. The van der Waals surface area contributed by atoms with E-state index in [0.29, 0.717) is 19.2 Å². The van der Waals surface area contributed by atoms with Gasteiger partial charge in [-0.1, -0.05) is 30.3 Å². The molecule has 0 spiro atoms. The lowest BCUT2D eigenvalue weighted by Gasteiger charge is -2.44. The van der Waals surface area contributed by atoms with Crippen molar-refractivity contribution in [3.63, 3.8) is 0 Å². The van der Waals surface area contributed by atoms with Gasteiger partial charge in [0.2, 0.25) is 5.91 Å². The Kier molecular flexibility index (Phi) is 4.93. The van der Waals surface area contributed by atoms with Gasteiger partial charge in [0.05, 0.1) is 12.6 Å². The summed E-state index contributed by atoms with van der Waals surface area (Å²) in [7, 11) is 1.64. The number of carbonyl (C=O) groups is 1. The van der Waals surface area contributed by atoms with E-state index in [9.17, 15) is 4.79 Å². The maximum Gasteiger partial charge on any atom is 0.237 e. The van der Waals surface area contributed by atoms with Crippen LogP contribution in [0.1, 0.15) is 24.9 Å². The highest BCUT2D eigenvalue weighted by Crippen LogP contribution is 2.34. The maximum absolute atomic E-state index is 12.0. The third kappa shape index (κ3) is 3.33. The van der Waals surface area contributed by atoms with Crippen molar-refractivity contribution in [1.82, 2.24) is 10.2 Å². The van der Waals surface area contributed by atoms with E-state index in [1.807, 2.05) is 13.0 Å². The molecule has 0 aromatic heterocycles. The highest BCUT2D eigenvalue weighted by atomic mass is 16.5. The molecule has 2 rings (SSSR count). The molecule has 0 saturated carbocycles. The molecule has 1 saturated heterocycles. The van der Waals surface area contributed by atoms with E-state index in [4.69, 9.17) is 4.74 Å². The van der Waals surface area contributed by atoms with Crippen LogP contribution in [0.5, 0.6) is 0 Å². The fourth-order valence-corrected chi connectivity index (χ4v) is 2.48. The van der Waals surface area contributed by atoms with Gasteiger partial charge in [-0.3, -0.25) is 9.69 Å². The number of hydrogen-bond donors (Lipinski definition) is 1. The van der Waals surface area contributed by atoms with Gasteiger partial charge in [-0.05, 0) is 18.9 Å². The van der Waals surface area contributed by atoms with Crippen LogP contribution in [0.4, 0.5) is 0 Å². The Bertz CT molecular complexity index is 408. The molecule has 1 amide bonds. The summed E-state index contributed by atoms with van der Waals surface area (Å²) in [6.45, 7) is 4.08. The molecule has 1 N–H and O–H groups in total. The molecule has 1 fully saturated rings. The van der Waals surface area contributed by atoms with Crippen LogP contribution in [0.3, 0.4) is 0 Å². The molecule has 2 unspecified atom stereocenters. The van der Waals surface area contributed by atoms with Crippen molar-refractivity contribution < 1.29 is 9.53 Å². The number of hydrogen-bond acceptors (Lipinski definition) is 3. The number of carbonyl (C=O) groups excluding carboxylic acids is 1. The van der Waals surface area contributed by atoms with Crippen LogP contribution in [0.15, 0.2) is 30.3 Å². The zero-order valence-corrected chi connectivity index (χ0v) is 11.6. The Balaban J connectivity index is 1.89. The molecule has 0 bridgehead atoms. The third-order valence-electron chi connectivity index (χ3n) is 3.73. The van der Waals surface area contributed by atoms with Gasteiger partial charge in [0.25, 0.3) is 0 Å². The Morgan fingerprint density at radius 3 is 2.79 bits per heavy atom. The van der Waals surface area contributed by atoms with E-state index in [1.54, 1.807) is 7.11 Å². The monoisotopic (exact) mass is 262 g/mol. The summed E-state index contributed by atoms with van der Waals surface area (Å²) >= 11 is 0. The molecule has 4 nitrogen and oxygen atoms in total. The van der Waals surface area contributed by atoms with E-state index >= 15 is 0 Å². The van der Waals surface area contributed by atoms with E-state index in [2.05, 4.69) is 34.5 Å². The minimum atomic E-state index is -0.0872. The van der Waals surface area contributed by atoms with Gasteiger partial charge in [-0.2, -0.15) is 0 Å². The summed E-state index contributed by atoms with van der Waals surface area (Å²) in [5.41, 5.74) is 1.30. The zero-order valence-electron chi connectivity index (χ0n) is 11.6. The lowest BCUT2D eigenvalue weighted by atomic mass is 9.92. The van der Waals surface area contributed by atoms with Crippen molar-refractivity contribution in [2.75, 3.05) is 26.8 Å². The Morgan fingerprint density at radius 1 is 1.47 bits per heavy atom. The van der Waals surface area contributed by atoms with Gasteiger partial charge in [0.15, 0.2) is 0 Å². The molecule has 1 aromatic carbocycles. The number of nitrogens with zero attached hydrogens (tertiary/aromatic N) is 1. The Hall–Kier alpha value is -1.39. The number of rotatable bonds is 6. The van der Waals surface area contributed by atoms with Crippen molar-refractivity contribution in [2.24, 2.45) is 0 Å². The summed E-state index contributed by atoms with van der Waals surface area (Å²) in [6, 6.07) is 10.7. The predicted molar refractivity (Wildman–Crippen MR) is 74.9 cm³/mol. The number of methoxy groups -OCH3 is 1. The molecular weight excluding hydrogens is 240 g/mol. The number of nitrogens with one attached hydrogen (secondary N) is 1. The molecule has 19 heavy (non-hydrogen) atoms. The summed E-state index contributed by atoms with van der Waals surface area (Å²) in [6.07, 6.45) is 1.12. The van der Waals surface area contributed by atoms with Crippen molar-refractivity contribution in [2.45, 2.75) is 25.4 Å². The van der Waals surface area contributed by atoms with Crippen molar-refractivity contribution in [1.29, 1.82) is 0 Å². The van der Waals surface area contributed by atoms with E-state index in [0.717, 1.165) is 13.0 Å². The second-order valence-corrected chi connectivity index (χ2v) is 4.91. The second-order valence-electron chi connectivity index (χ2n) is 4.91. The van der Waals surface area contributed by atoms with E-state index in [-0.39, 0.29) is 11.9 Å². The first-order valence-electron chi connectivity index (χ1n) is 6.81. The van der Waals surface area contributed by atoms with E-state index in [1.165, 1.54) is 5.56 Å². The van der Waals surface area contributed by atoms with E-state index < -0.39 is 0 Å². The maximum atomic E-state index is 12.0. The molecule has 4 heteroatoms. The first-order chi connectivity index (χ1) is 9.24. The van der Waals surface area contributed by atoms with Gasteiger partial charge >= 0.3 is 0 Å². The number of benzene rings is 1. The van der Waals surface area contributed by atoms with Gasteiger partial charge in [0.1, 0.15) is 0 Å². The minimum absolute atomic E-state index is 0.0812. The first kappa shape index (κ1) is 14.0. The van der Waals surface area contributed by atoms with Crippen LogP contribution in [-0.4, -0.2) is 43.7 Å². The smallest absolute Gasteiger partial charge is 0.237 e. The predicted octanol–water partition coefficient (Wildman–Crippen LogP) is 1.58. The fraction of sp³-hybridized carbons (Fsp3) is 0.533. The van der Waals surface area contributed by atoms with Crippen LogP contribution in [0.25, 0.3) is 0 Å². The number of likely N-dealkylation sites (tertiary alicyclic amines) is 1. The van der Waals surface area contributed by atoms with Crippen molar-refractivity contribution in [3.05, 3.63) is 35.9 Å². The summed E-state index contributed by atoms with van der Waals surface area (Å²) in [5.74, 6) is 0.0812. The van der Waals surface area contributed by atoms with Crippen LogP contribution in [0, 0.1) is 0 Å². The normalized spacial score (nSPS) is 20.6. The number of amides is 1. The van der Waals surface area contributed by atoms with Crippen LogP contribution in [-0.2, 0) is 9.53 Å².